The SMILES string of the molecule is COC(=O)c1cc(-c2cs[nH+]c2-c2cc(OC)c3c(c2)OCO3)ccc1OC. The van der Waals surface area contributed by atoms with Crippen molar-refractivity contribution in [1.82, 2.24) is 0 Å². The molecule has 0 unspecified atom stereocenters. The minimum Gasteiger partial charge on any atom is -0.496 e. The molecular weight excluding hydrogens is 382 g/mol. The first-order valence-electron chi connectivity index (χ1n) is 8.40. The second-order valence-electron chi connectivity index (χ2n) is 5.95. The summed E-state index contributed by atoms with van der Waals surface area (Å²) in [5, 5.41) is 1.98. The van der Waals surface area contributed by atoms with Crippen LogP contribution in [0.3, 0.4) is 0 Å². The third-order valence-corrected chi connectivity index (χ3v) is 5.15. The molecule has 1 aliphatic rings. The van der Waals surface area contributed by atoms with Crippen LogP contribution >= 0.6 is 11.5 Å². The lowest BCUT2D eigenvalue weighted by molar-refractivity contribution is -0.275. The number of hydrogen-bond donors (Lipinski definition) is 0. The average Bonchev–Trinajstić information content (AvgIpc) is 3.41. The van der Waals surface area contributed by atoms with E-state index < -0.39 is 5.97 Å². The molecule has 0 aliphatic carbocycles. The monoisotopic (exact) mass is 400 g/mol. The molecule has 0 radical (unpaired) electrons. The normalized spacial score (nSPS) is 12.0. The molecule has 2 heterocycles. The standard InChI is InChI=1S/C20H17NO6S/c1-23-15-5-4-11(6-13(15)20(22)25-3)14-9-28-21-18(14)12-7-16(24-2)19-17(8-12)26-10-27-19/h4-9H,10H2,1-3H3/p+1. The van der Waals surface area contributed by atoms with Crippen LogP contribution in [0.1, 0.15) is 10.4 Å². The maximum absolute atomic E-state index is 12.1. The topological polar surface area (TPSA) is 77.4 Å². The van der Waals surface area contributed by atoms with E-state index in [0.717, 1.165) is 22.4 Å². The number of aromatic amines is 1. The van der Waals surface area contributed by atoms with Crippen molar-refractivity contribution in [2.45, 2.75) is 0 Å². The van der Waals surface area contributed by atoms with Crippen LogP contribution in [0.5, 0.6) is 23.0 Å². The van der Waals surface area contributed by atoms with Gasteiger partial charge in [-0.1, -0.05) is 6.07 Å². The molecule has 144 valence electrons. The third-order valence-electron chi connectivity index (χ3n) is 4.47. The van der Waals surface area contributed by atoms with Crippen LogP contribution < -0.4 is 23.3 Å². The highest BCUT2D eigenvalue weighted by Crippen LogP contribution is 2.45. The molecule has 4 rings (SSSR count). The van der Waals surface area contributed by atoms with Crippen molar-refractivity contribution in [3.8, 4) is 45.4 Å². The highest BCUT2D eigenvalue weighted by atomic mass is 32.1. The summed E-state index contributed by atoms with van der Waals surface area (Å²) < 4.78 is 29.9. The number of aromatic nitrogens is 1. The highest BCUT2D eigenvalue weighted by Gasteiger charge is 2.26. The molecule has 2 aromatic carbocycles. The van der Waals surface area contributed by atoms with E-state index in [4.69, 9.17) is 23.7 Å². The second kappa shape index (κ2) is 7.40. The summed E-state index contributed by atoms with van der Waals surface area (Å²) in [5.41, 5.74) is 3.90. The molecule has 8 heteroatoms. The Bertz CT molecular complexity index is 1050. The second-order valence-corrected chi connectivity index (χ2v) is 6.62. The third kappa shape index (κ3) is 3.01. The summed E-state index contributed by atoms with van der Waals surface area (Å²) in [4.78, 5) is 12.1. The first-order chi connectivity index (χ1) is 13.7. The van der Waals surface area contributed by atoms with Crippen LogP contribution in [-0.2, 0) is 4.74 Å². The Labute approximate surface area is 165 Å². The Morgan fingerprint density at radius 1 is 1.04 bits per heavy atom. The van der Waals surface area contributed by atoms with E-state index in [-0.39, 0.29) is 6.79 Å². The van der Waals surface area contributed by atoms with E-state index in [1.165, 1.54) is 25.8 Å². The molecule has 1 N–H and O–H groups in total. The minimum atomic E-state index is -0.454. The molecule has 0 atom stereocenters. The zero-order valence-corrected chi connectivity index (χ0v) is 16.3. The molecule has 7 nitrogen and oxygen atoms in total. The summed E-state index contributed by atoms with van der Waals surface area (Å²) in [5.74, 6) is 1.83. The van der Waals surface area contributed by atoms with Crippen LogP contribution in [0.4, 0.5) is 0 Å². The minimum absolute atomic E-state index is 0.163. The fourth-order valence-corrected chi connectivity index (χ4v) is 3.88. The van der Waals surface area contributed by atoms with E-state index in [2.05, 4.69) is 4.37 Å². The lowest BCUT2D eigenvalue weighted by atomic mass is 9.99. The Hall–Kier alpha value is -3.26. The zero-order chi connectivity index (χ0) is 19.7. The molecule has 0 spiro atoms. The van der Waals surface area contributed by atoms with Gasteiger partial charge in [-0.05, 0) is 29.8 Å². The molecule has 0 fully saturated rings. The van der Waals surface area contributed by atoms with Crippen molar-refractivity contribution in [3.63, 3.8) is 0 Å². The van der Waals surface area contributed by atoms with E-state index in [0.29, 0.717) is 28.6 Å². The number of hydrogen-bond acceptors (Lipinski definition) is 7. The largest absolute Gasteiger partial charge is 0.496 e. The predicted octanol–water partition coefficient (Wildman–Crippen LogP) is 3.43. The van der Waals surface area contributed by atoms with Gasteiger partial charge in [0, 0.05) is 0 Å². The number of fused-ring (bicyclic) bond motifs is 1. The van der Waals surface area contributed by atoms with Gasteiger partial charge in [0.15, 0.2) is 11.5 Å². The summed E-state index contributed by atoms with van der Waals surface area (Å²) in [6, 6.07) is 9.20. The van der Waals surface area contributed by atoms with Crippen LogP contribution in [-0.4, -0.2) is 34.1 Å². The van der Waals surface area contributed by atoms with Crippen LogP contribution in [0, 0.1) is 0 Å². The molecule has 0 saturated heterocycles. The molecule has 1 aliphatic heterocycles. The number of carbonyl (C=O) groups is 1. The number of rotatable bonds is 5. The molecule has 28 heavy (non-hydrogen) atoms. The fraction of sp³-hybridized carbons (Fsp3) is 0.200. The molecule has 0 amide bonds. The lowest BCUT2D eigenvalue weighted by Crippen LogP contribution is -2.04. The van der Waals surface area contributed by atoms with Gasteiger partial charge in [-0.2, -0.15) is 0 Å². The molecule has 0 saturated carbocycles. The maximum atomic E-state index is 12.1. The van der Waals surface area contributed by atoms with Crippen LogP contribution in [0.2, 0.25) is 0 Å². The van der Waals surface area contributed by atoms with Crippen LogP contribution in [0.15, 0.2) is 35.7 Å². The first-order valence-corrected chi connectivity index (χ1v) is 9.28. The number of nitrogens with one attached hydrogen (secondary N) is 1. The fourth-order valence-electron chi connectivity index (χ4n) is 3.11. The number of carbonyl (C=O) groups excluding carboxylic acids is 1. The Balaban J connectivity index is 1.82. The van der Waals surface area contributed by atoms with Gasteiger partial charge in [0.2, 0.25) is 18.2 Å². The van der Waals surface area contributed by atoms with Gasteiger partial charge in [0.1, 0.15) is 22.8 Å². The molecule has 1 aromatic heterocycles. The van der Waals surface area contributed by atoms with Gasteiger partial charge in [0.05, 0.1) is 37.8 Å². The number of esters is 1. The zero-order valence-electron chi connectivity index (χ0n) is 15.5. The summed E-state index contributed by atoms with van der Waals surface area (Å²) >= 11 is 1.45. The van der Waals surface area contributed by atoms with Crippen molar-refractivity contribution in [1.29, 1.82) is 0 Å². The number of benzene rings is 2. The van der Waals surface area contributed by atoms with Crippen molar-refractivity contribution >= 4 is 17.5 Å². The number of methoxy groups -OCH3 is 3. The average molecular weight is 400 g/mol. The van der Waals surface area contributed by atoms with E-state index in [1.54, 1.807) is 19.2 Å². The van der Waals surface area contributed by atoms with Gasteiger partial charge >= 0.3 is 5.97 Å². The van der Waals surface area contributed by atoms with Crippen molar-refractivity contribution < 1.29 is 32.9 Å². The first kappa shape index (κ1) is 18.1. The Morgan fingerprint density at radius 3 is 2.61 bits per heavy atom. The molecule has 0 bridgehead atoms. The van der Waals surface area contributed by atoms with E-state index in [1.807, 2.05) is 23.6 Å². The Morgan fingerprint density at radius 2 is 1.86 bits per heavy atom. The number of ether oxygens (including phenoxy) is 5. The van der Waals surface area contributed by atoms with Crippen molar-refractivity contribution in [3.05, 3.63) is 41.3 Å². The summed E-state index contributed by atoms with van der Waals surface area (Å²) in [6.07, 6.45) is 0. The summed E-state index contributed by atoms with van der Waals surface area (Å²) in [7, 11) is 4.45. The van der Waals surface area contributed by atoms with Crippen molar-refractivity contribution in [2.75, 3.05) is 28.1 Å². The van der Waals surface area contributed by atoms with Gasteiger partial charge in [-0.3, -0.25) is 0 Å². The predicted molar refractivity (Wildman–Crippen MR) is 102 cm³/mol. The smallest absolute Gasteiger partial charge is 0.341 e. The maximum Gasteiger partial charge on any atom is 0.341 e. The quantitative estimate of drug-likeness (QED) is 0.611. The van der Waals surface area contributed by atoms with Crippen LogP contribution in [0.25, 0.3) is 22.4 Å². The van der Waals surface area contributed by atoms with E-state index in [9.17, 15) is 4.79 Å². The Kier molecular flexibility index (Phi) is 4.79. The molecule has 3 aromatic rings. The van der Waals surface area contributed by atoms with Gasteiger partial charge in [-0.25, -0.2) is 4.79 Å². The van der Waals surface area contributed by atoms with Gasteiger partial charge in [-0.15, -0.1) is 4.37 Å². The summed E-state index contributed by atoms with van der Waals surface area (Å²) in [6.45, 7) is 0.163. The molecular formula is C20H18NO6S+. The highest BCUT2D eigenvalue weighted by molar-refractivity contribution is 6.99. The van der Waals surface area contributed by atoms with Gasteiger partial charge < -0.3 is 23.7 Å². The lowest BCUT2D eigenvalue weighted by Gasteiger charge is -2.09. The number of H-pyrrole nitrogens is 1. The van der Waals surface area contributed by atoms with Gasteiger partial charge in [0.25, 0.3) is 0 Å². The van der Waals surface area contributed by atoms with Crippen molar-refractivity contribution in [2.24, 2.45) is 0 Å². The van der Waals surface area contributed by atoms with E-state index >= 15 is 0 Å².